The molecule has 2 fully saturated rings. The number of H-pyrrole nitrogens is 1. The van der Waals surface area contributed by atoms with Crippen LogP contribution in [0.4, 0.5) is 5.82 Å². The summed E-state index contributed by atoms with van der Waals surface area (Å²) in [5, 5.41) is 10.3. The van der Waals surface area contributed by atoms with Crippen molar-refractivity contribution in [1.82, 2.24) is 19.3 Å². The molecule has 0 atom stereocenters. The third kappa shape index (κ3) is 4.41. The Morgan fingerprint density at radius 2 is 1.86 bits per heavy atom. The van der Waals surface area contributed by atoms with E-state index < -0.39 is 10.0 Å². The number of aromatic nitrogens is 3. The number of aromatic amines is 1. The van der Waals surface area contributed by atoms with Gasteiger partial charge in [0, 0.05) is 39.0 Å². The van der Waals surface area contributed by atoms with E-state index in [1.807, 2.05) is 12.3 Å². The average molecular weight is 422 g/mol. The smallest absolute Gasteiger partial charge is 0.214 e. The van der Waals surface area contributed by atoms with E-state index in [2.05, 4.69) is 26.9 Å². The SMILES string of the molecule is CN(c1ncnc2[nH]ccc12)[C@H]1CC[C@H](CS(=O)(=O)N2CCC(CO)CC2)CC1. The van der Waals surface area contributed by atoms with Gasteiger partial charge in [0.05, 0.1) is 11.1 Å². The number of nitrogens with one attached hydrogen (secondary N) is 1. The summed E-state index contributed by atoms with van der Waals surface area (Å²) in [7, 11) is -1.14. The Kier molecular flexibility index (Phi) is 6.08. The maximum absolute atomic E-state index is 12.8. The largest absolute Gasteiger partial charge is 0.396 e. The predicted molar refractivity (Wildman–Crippen MR) is 113 cm³/mol. The van der Waals surface area contributed by atoms with E-state index in [1.165, 1.54) is 0 Å². The zero-order valence-electron chi connectivity index (χ0n) is 17.0. The second-order valence-electron chi connectivity index (χ2n) is 8.53. The molecule has 8 nitrogen and oxygen atoms in total. The van der Waals surface area contributed by atoms with Crippen molar-refractivity contribution in [2.45, 2.75) is 44.6 Å². The molecule has 9 heteroatoms. The third-order valence-electron chi connectivity index (χ3n) is 6.70. The molecule has 3 heterocycles. The van der Waals surface area contributed by atoms with Crippen LogP contribution in [0.1, 0.15) is 38.5 Å². The van der Waals surface area contributed by atoms with Gasteiger partial charge in [-0.05, 0) is 56.4 Å². The van der Waals surface area contributed by atoms with Gasteiger partial charge < -0.3 is 15.0 Å². The highest BCUT2D eigenvalue weighted by Gasteiger charge is 2.33. The molecule has 2 aromatic rings. The second-order valence-corrected chi connectivity index (χ2v) is 10.5. The van der Waals surface area contributed by atoms with Gasteiger partial charge in [0.25, 0.3) is 0 Å². The summed E-state index contributed by atoms with van der Waals surface area (Å²) in [5.41, 5.74) is 0.839. The third-order valence-corrected chi connectivity index (χ3v) is 8.75. The summed E-state index contributed by atoms with van der Waals surface area (Å²) >= 11 is 0. The Morgan fingerprint density at radius 1 is 1.14 bits per heavy atom. The van der Waals surface area contributed by atoms with Crippen LogP contribution in [0, 0.1) is 11.8 Å². The van der Waals surface area contributed by atoms with Crippen LogP contribution in [-0.4, -0.2) is 71.3 Å². The lowest BCUT2D eigenvalue weighted by atomic mass is 9.86. The molecule has 1 saturated heterocycles. The summed E-state index contributed by atoms with van der Waals surface area (Å²) in [6.45, 7) is 1.25. The number of sulfonamides is 1. The Balaban J connectivity index is 1.33. The maximum atomic E-state index is 12.8. The fourth-order valence-corrected chi connectivity index (χ4v) is 6.69. The van der Waals surface area contributed by atoms with Gasteiger partial charge in [-0.3, -0.25) is 0 Å². The van der Waals surface area contributed by atoms with Gasteiger partial charge >= 0.3 is 0 Å². The van der Waals surface area contributed by atoms with Gasteiger partial charge in [-0.2, -0.15) is 0 Å². The second kappa shape index (κ2) is 8.57. The number of nitrogens with zero attached hydrogens (tertiary/aromatic N) is 4. The molecule has 2 N–H and O–H groups in total. The topological polar surface area (TPSA) is 102 Å². The van der Waals surface area contributed by atoms with Crippen molar-refractivity contribution in [2.24, 2.45) is 11.8 Å². The Bertz CT molecular complexity index is 915. The van der Waals surface area contributed by atoms with Gasteiger partial charge in [0.2, 0.25) is 10.0 Å². The number of aliphatic hydroxyl groups is 1. The molecule has 0 spiro atoms. The van der Waals surface area contributed by atoms with E-state index >= 15 is 0 Å². The zero-order chi connectivity index (χ0) is 20.4. The van der Waals surface area contributed by atoms with Crippen LogP contribution in [0.3, 0.4) is 0 Å². The van der Waals surface area contributed by atoms with E-state index in [1.54, 1.807) is 10.6 Å². The minimum absolute atomic E-state index is 0.160. The molecule has 0 amide bonds. The maximum Gasteiger partial charge on any atom is 0.214 e. The zero-order valence-corrected chi connectivity index (χ0v) is 17.8. The van der Waals surface area contributed by atoms with Gasteiger partial charge in [0.15, 0.2) is 0 Å². The van der Waals surface area contributed by atoms with Crippen molar-refractivity contribution in [3.8, 4) is 0 Å². The van der Waals surface area contributed by atoms with E-state index in [0.717, 1.165) is 55.4 Å². The van der Waals surface area contributed by atoms with Crippen molar-refractivity contribution >= 4 is 26.9 Å². The van der Waals surface area contributed by atoms with E-state index in [-0.39, 0.29) is 24.2 Å². The van der Waals surface area contributed by atoms with Gasteiger partial charge in [0.1, 0.15) is 17.8 Å². The number of hydrogen-bond donors (Lipinski definition) is 2. The van der Waals surface area contributed by atoms with E-state index in [0.29, 0.717) is 19.1 Å². The van der Waals surface area contributed by atoms with Crippen LogP contribution < -0.4 is 4.90 Å². The summed E-state index contributed by atoms with van der Waals surface area (Å²) in [5.74, 6) is 1.65. The van der Waals surface area contributed by atoms with Crippen LogP contribution in [0.25, 0.3) is 11.0 Å². The van der Waals surface area contributed by atoms with Crippen molar-refractivity contribution < 1.29 is 13.5 Å². The first-order valence-electron chi connectivity index (χ1n) is 10.6. The standard InChI is InChI=1S/C20H31N5O3S/c1-24(20-18-6-9-21-19(18)22-14-23-20)17-4-2-16(3-5-17)13-29(27,28)25-10-7-15(12-26)8-11-25/h6,9,14-17,26H,2-5,7-8,10-13H2,1H3,(H,21,22,23)/t16-,17-. The normalized spacial score (nSPS) is 24.8. The number of anilines is 1. The molecule has 160 valence electrons. The van der Waals surface area contributed by atoms with Gasteiger partial charge in [-0.25, -0.2) is 22.7 Å². The predicted octanol–water partition coefficient (Wildman–Crippen LogP) is 1.99. The molecule has 1 aliphatic heterocycles. The van der Waals surface area contributed by atoms with Crippen molar-refractivity contribution in [3.05, 3.63) is 18.6 Å². The summed E-state index contributed by atoms with van der Waals surface area (Å²) in [6, 6.07) is 2.36. The summed E-state index contributed by atoms with van der Waals surface area (Å²) in [6.07, 6.45) is 8.77. The van der Waals surface area contributed by atoms with Crippen molar-refractivity contribution in [1.29, 1.82) is 0 Å². The molecule has 0 unspecified atom stereocenters. The first-order valence-corrected chi connectivity index (χ1v) is 12.2. The molecule has 1 aliphatic carbocycles. The van der Waals surface area contributed by atoms with Crippen molar-refractivity contribution in [3.63, 3.8) is 0 Å². The van der Waals surface area contributed by atoms with Crippen LogP contribution >= 0.6 is 0 Å². The fourth-order valence-electron chi connectivity index (χ4n) is 4.78. The first kappa shape index (κ1) is 20.6. The highest BCUT2D eigenvalue weighted by Crippen LogP contribution is 2.32. The molecular formula is C20H31N5O3S. The lowest BCUT2D eigenvalue weighted by molar-refractivity contribution is 0.169. The lowest BCUT2D eigenvalue weighted by Gasteiger charge is -2.36. The molecule has 2 aromatic heterocycles. The molecule has 1 saturated carbocycles. The quantitative estimate of drug-likeness (QED) is 0.739. The highest BCUT2D eigenvalue weighted by molar-refractivity contribution is 7.89. The van der Waals surface area contributed by atoms with Crippen LogP contribution in [0.5, 0.6) is 0 Å². The number of hydrogen-bond acceptors (Lipinski definition) is 6. The number of rotatable bonds is 6. The molecule has 0 bridgehead atoms. The Hall–Kier alpha value is -1.71. The molecule has 4 rings (SSSR count). The lowest BCUT2D eigenvalue weighted by Crippen LogP contribution is -2.43. The average Bonchev–Trinajstić information content (AvgIpc) is 3.22. The van der Waals surface area contributed by atoms with Gasteiger partial charge in [-0.1, -0.05) is 0 Å². The minimum atomic E-state index is -3.21. The Labute approximate surface area is 172 Å². The van der Waals surface area contributed by atoms with Crippen LogP contribution in [0.2, 0.25) is 0 Å². The highest BCUT2D eigenvalue weighted by atomic mass is 32.2. The monoisotopic (exact) mass is 421 g/mol. The molecular weight excluding hydrogens is 390 g/mol. The first-order chi connectivity index (χ1) is 14.0. The minimum Gasteiger partial charge on any atom is -0.396 e. The fraction of sp³-hybridized carbons (Fsp3) is 0.700. The molecule has 0 aromatic carbocycles. The number of aliphatic hydroxyl groups excluding tert-OH is 1. The number of fused-ring (bicyclic) bond motifs is 1. The van der Waals surface area contributed by atoms with E-state index in [4.69, 9.17) is 0 Å². The van der Waals surface area contributed by atoms with E-state index in [9.17, 15) is 13.5 Å². The Morgan fingerprint density at radius 3 is 2.55 bits per heavy atom. The number of piperidine rings is 1. The van der Waals surface area contributed by atoms with Gasteiger partial charge in [-0.15, -0.1) is 0 Å². The summed E-state index contributed by atoms with van der Waals surface area (Å²) < 4.78 is 27.3. The van der Waals surface area contributed by atoms with Crippen LogP contribution in [0.15, 0.2) is 18.6 Å². The van der Waals surface area contributed by atoms with Crippen molar-refractivity contribution in [2.75, 3.05) is 37.4 Å². The van der Waals surface area contributed by atoms with Crippen LogP contribution in [-0.2, 0) is 10.0 Å². The summed E-state index contributed by atoms with van der Waals surface area (Å²) in [4.78, 5) is 14.1. The molecule has 2 aliphatic rings. The molecule has 0 radical (unpaired) electrons. The molecule has 29 heavy (non-hydrogen) atoms.